The first kappa shape index (κ1) is 13.8. The third kappa shape index (κ3) is 2.26. The molecule has 0 bridgehead atoms. The van der Waals surface area contributed by atoms with Gasteiger partial charge in [0.2, 0.25) is 0 Å². The number of hydrogen-bond acceptors (Lipinski definition) is 2. The Bertz CT molecular complexity index is 456. The molecule has 3 heteroatoms. The lowest BCUT2D eigenvalue weighted by Gasteiger charge is -2.19. The van der Waals surface area contributed by atoms with Crippen LogP contribution < -0.4 is 5.32 Å². The zero-order valence-corrected chi connectivity index (χ0v) is 12.5. The molecule has 2 nitrogen and oxygen atoms in total. The third-order valence-corrected chi connectivity index (χ3v) is 5.69. The second kappa shape index (κ2) is 5.54. The molecule has 0 saturated heterocycles. The number of fused-ring (bicyclic) bond motifs is 1. The average Bonchev–Trinajstić information content (AvgIpc) is 2.62. The van der Waals surface area contributed by atoms with Crippen LogP contribution in [-0.2, 0) is 10.8 Å². The maximum atomic E-state index is 12.5. The van der Waals surface area contributed by atoms with Gasteiger partial charge < -0.3 is 5.32 Å². The molecular formula is C15H23NOS. The van der Waals surface area contributed by atoms with E-state index in [1.165, 1.54) is 11.1 Å². The maximum Gasteiger partial charge on any atom is 0.0587 e. The monoisotopic (exact) mass is 265 g/mol. The number of benzene rings is 1. The molecule has 0 amide bonds. The second-order valence-corrected chi connectivity index (χ2v) is 6.87. The van der Waals surface area contributed by atoms with Crippen molar-refractivity contribution in [3.8, 4) is 0 Å². The van der Waals surface area contributed by atoms with Gasteiger partial charge in [-0.05, 0) is 36.1 Å². The van der Waals surface area contributed by atoms with Crippen LogP contribution in [0.15, 0.2) is 23.1 Å². The van der Waals surface area contributed by atoms with Crippen LogP contribution in [-0.4, -0.2) is 16.0 Å². The standard InChI is InChI=1S/C15H23NOS/c1-5-13-15(16-6-2)12-9-11(10(3)4)7-8-14(12)18(13)17/h7-10,13,15-16H,5-6H2,1-4H3. The van der Waals surface area contributed by atoms with Crippen molar-refractivity contribution in [3.05, 3.63) is 29.3 Å². The number of nitrogens with one attached hydrogen (secondary N) is 1. The summed E-state index contributed by atoms with van der Waals surface area (Å²) in [5.41, 5.74) is 2.60. The highest BCUT2D eigenvalue weighted by atomic mass is 32.2. The van der Waals surface area contributed by atoms with Crippen molar-refractivity contribution >= 4 is 10.8 Å². The Morgan fingerprint density at radius 2 is 2.06 bits per heavy atom. The first-order chi connectivity index (χ1) is 8.60. The van der Waals surface area contributed by atoms with Crippen molar-refractivity contribution in [2.24, 2.45) is 0 Å². The third-order valence-electron chi connectivity index (χ3n) is 3.73. The second-order valence-electron chi connectivity index (χ2n) is 5.23. The molecule has 0 aliphatic carbocycles. The highest BCUT2D eigenvalue weighted by Crippen LogP contribution is 2.39. The minimum Gasteiger partial charge on any atom is -0.309 e. The lowest BCUT2D eigenvalue weighted by molar-refractivity contribution is 0.520. The summed E-state index contributed by atoms with van der Waals surface area (Å²) >= 11 is 0. The van der Waals surface area contributed by atoms with Crippen molar-refractivity contribution in [2.75, 3.05) is 6.54 Å². The zero-order chi connectivity index (χ0) is 13.3. The van der Waals surface area contributed by atoms with E-state index in [9.17, 15) is 4.21 Å². The van der Waals surface area contributed by atoms with Crippen LogP contribution in [0.3, 0.4) is 0 Å². The minimum atomic E-state index is -0.851. The summed E-state index contributed by atoms with van der Waals surface area (Å²) in [6, 6.07) is 6.71. The van der Waals surface area contributed by atoms with Crippen molar-refractivity contribution in [1.82, 2.24) is 5.32 Å². The molecule has 1 aromatic carbocycles. The fourth-order valence-corrected chi connectivity index (χ4v) is 4.43. The molecule has 100 valence electrons. The van der Waals surface area contributed by atoms with Gasteiger partial charge in [-0.1, -0.05) is 39.8 Å². The van der Waals surface area contributed by atoms with Gasteiger partial charge in [-0.15, -0.1) is 0 Å². The molecule has 0 spiro atoms. The summed E-state index contributed by atoms with van der Waals surface area (Å²) < 4.78 is 12.5. The fourth-order valence-electron chi connectivity index (χ4n) is 2.69. The van der Waals surface area contributed by atoms with E-state index in [1.807, 2.05) is 0 Å². The van der Waals surface area contributed by atoms with Crippen LogP contribution in [0.25, 0.3) is 0 Å². The van der Waals surface area contributed by atoms with E-state index in [2.05, 4.69) is 51.2 Å². The normalized spacial score (nSPS) is 26.6. The fraction of sp³-hybridized carbons (Fsp3) is 0.600. The van der Waals surface area contributed by atoms with Crippen LogP contribution in [0.5, 0.6) is 0 Å². The van der Waals surface area contributed by atoms with Gasteiger partial charge in [-0.25, -0.2) is 0 Å². The average molecular weight is 265 g/mol. The highest BCUT2D eigenvalue weighted by Gasteiger charge is 2.37. The summed E-state index contributed by atoms with van der Waals surface area (Å²) in [5.74, 6) is 0.520. The Labute approximate surface area is 113 Å². The van der Waals surface area contributed by atoms with Crippen molar-refractivity contribution < 1.29 is 4.21 Å². The van der Waals surface area contributed by atoms with Gasteiger partial charge in [-0.3, -0.25) is 4.21 Å². The van der Waals surface area contributed by atoms with Crippen LogP contribution >= 0.6 is 0 Å². The molecule has 1 heterocycles. The Hall–Kier alpha value is -0.670. The predicted molar refractivity (Wildman–Crippen MR) is 77.4 cm³/mol. The van der Waals surface area contributed by atoms with E-state index in [0.29, 0.717) is 5.92 Å². The highest BCUT2D eigenvalue weighted by molar-refractivity contribution is 7.86. The minimum absolute atomic E-state index is 0.224. The molecule has 1 aliphatic heterocycles. The molecule has 3 unspecified atom stereocenters. The largest absolute Gasteiger partial charge is 0.309 e. The van der Waals surface area contributed by atoms with Crippen LogP contribution in [0, 0.1) is 0 Å². The molecule has 0 aromatic heterocycles. The lowest BCUT2D eigenvalue weighted by atomic mass is 9.96. The first-order valence-corrected chi connectivity index (χ1v) is 8.09. The predicted octanol–water partition coefficient (Wildman–Crippen LogP) is 3.36. The molecule has 0 fully saturated rings. The summed E-state index contributed by atoms with van der Waals surface area (Å²) in [4.78, 5) is 1.04. The molecule has 3 atom stereocenters. The molecular weight excluding hydrogens is 242 g/mol. The van der Waals surface area contributed by atoms with Gasteiger partial charge in [0, 0.05) is 10.9 Å². The van der Waals surface area contributed by atoms with Gasteiger partial charge in [0.05, 0.1) is 16.0 Å². The van der Waals surface area contributed by atoms with E-state index in [1.54, 1.807) is 0 Å². The van der Waals surface area contributed by atoms with E-state index < -0.39 is 10.8 Å². The van der Waals surface area contributed by atoms with E-state index in [4.69, 9.17) is 0 Å². The topological polar surface area (TPSA) is 29.1 Å². The molecule has 2 rings (SSSR count). The molecule has 1 aromatic rings. The van der Waals surface area contributed by atoms with E-state index >= 15 is 0 Å². The van der Waals surface area contributed by atoms with Crippen molar-refractivity contribution in [3.63, 3.8) is 0 Å². The van der Waals surface area contributed by atoms with E-state index in [0.717, 1.165) is 17.9 Å². The van der Waals surface area contributed by atoms with Gasteiger partial charge in [-0.2, -0.15) is 0 Å². The van der Waals surface area contributed by atoms with E-state index in [-0.39, 0.29) is 11.3 Å². The number of hydrogen-bond donors (Lipinski definition) is 1. The SMILES string of the molecule is CCNC1c2cc(C(C)C)ccc2S(=O)C1CC. The zero-order valence-electron chi connectivity index (χ0n) is 11.7. The number of rotatable bonds is 4. The smallest absolute Gasteiger partial charge is 0.0587 e. The summed E-state index contributed by atoms with van der Waals surface area (Å²) in [6.07, 6.45) is 0.954. The molecule has 1 N–H and O–H groups in total. The van der Waals surface area contributed by atoms with Crippen molar-refractivity contribution in [1.29, 1.82) is 0 Å². The lowest BCUT2D eigenvalue weighted by Crippen LogP contribution is -2.29. The quantitative estimate of drug-likeness (QED) is 0.904. The molecule has 0 radical (unpaired) electrons. The Kier molecular flexibility index (Phi) is 4.23. The maximum absolute atomic E-state index is 12.5. The first-order valence-electron chi connectivity index (χ1n) is 6.87. The van der Waals surface area contributed by atoms with Gasteiger partial charge in [0.1, 0.15) is 0 Å². The van der Waals surface area contributed by atoms with Gasteiger partial charge in [0.15, 0.2) is 0 Å². The molecule has 18 heavy (non-hydrogen) atoms. The molecule has 1 aliphatic rings. The summed E-state index contributed by atoms with van der Waals surface area (Å²) in [7, 11) is -0.851. The van der Waals surface area contributed by atoms with Gasteiger partial charge in [0.25, 0.3) is 0 Å². The Balaban J connectivity index is 2.45. The molecule has 0 saturated carbocycles. The summed E-state index contributed by atoms with van der Waals surface area (Å²) in [6.45, 7) is 9.56. The van der Waals surface area contributed by atoms with Gasteiger partial charge >= 0.3 is 0 Å². The van der Waals surface area contributed by atoms with Crippen LogP contribution in [0.4, 0.5) is 0 Å². The summed E-state index contributed by atoms with van der Waals surface area (Å²) in [5, 5.41) is 3.73. The Morgan fingerprint density at radius 1 is 1.33 bits per heavy atom. The van der Waals surface area contributed by atoms with Crippen LogP contribution in [0.1, 0.15) is 57.2 Å². The van der Waals surface area contributed by atoms with Crippen molar-refractivity contribution in [2.45, 2.75) is 56.2 Å². The van der Waals surface area contributed by atoms with Crippen LogP contribution in [0.2, 0.25) is 0 Å². The Morgan fingerprint density at radius 3 is 2.61 bits per heavy atom.